The second kappa shape index (κ2) is 55.3. The normalized spacial score (nSPS) is 24.1. The molecule has 2 aliphatic heterocycles. The third kappa shape index (κ3) is 39.7. The van der Waals surface area contributed by atoms with E-state index in [1.807, 2.05) is 6.08 Å². The molecule has 2 heterocycles. The molecule has 0 spiro atoms. The average Bonchev–Trinajstić information content (AvgIpc) is 3.29. The standard InChI is InChI=1S/C71H125NO13/c1-3-5-7-9-11-13-15-17-19-21-23-25-27-29-31-32-34-36-38-40-42-44-46-48-50-52-54-60(75)59(58-82-70-68(81)66(79)69(62(57-74)84-70)85-71-67(80)65(78)64(77)61(56-73)83-71)72-63(76)55-53-51-49-47-45-43-41-39-37-35-33-30-28-26-24-22-20-18-16-14-12-10-8-6-4-2/h6,8,12,14,18,20,24,26,30,33,44,46,52,54,59-62,64-71,73-75,77-81H,3-5,7,9-11,13,15-17,19,21-23,25,27-29,31-32,34-43,45,47-51,53,55-58H2,1-2H3,(H,72,76)/b8-6-,14-12-,20-18-,26-24-,33-30-,46-44+,54-52+. The number of hydrogen-bond acceptors (Lipinski definition) is 13. The van der Waals surface area contributed by atoms with Crippen LogP contribution in [0.3, 0.4) is 0 Å². The van der Waals surface area contributed by atoms with Crippen LogP contribution in [-0.4, -0.2) is 140 Å². The van der Waals surface area contributed by atoms with Crippen LogP contribution in [0.15, 0.2) is 85.1 Å². The summed E-state index contributed by atoms with van der Waals surface area (Å²) < 4.78 is 22.8. The Hall–Kier alpha value is -2.83. The third-order valence-corrected chi connectivity index (χ3v) is 16.3. The first-order valence-corrected chi connectivity index (χ1v) is 34.3. The van der Waals surface area contributed by atoms with Crippen molar-refractivity contribution in [1.29, 1.82) is 0 Å². The summed E-state index contributed by atoms with van der Waals surface area (Å²) in [4.78, 5) is 13.3. The Labute approximate surface area is 516 Å². The minimum atomic E-state index is -1.80. The van der Waals surface area contributed by atoms with Gasteiger partial charge in [-0.1, -0.05) is 266 Å². The van der Waals surface area contributed by atoms with E-state index in [4.69, 9.17) is 18.9 Å². The highest BCUT2D eigenvalue weighted by atomic mass is 16.7. The maximum Gasteiger partial charge on any atom is 0.220 e. The van der Waals surface area contributed by atoms with E-state index >= 15 is 0 Å². The predicted octanol–water partition coefficient (Wildman–Crippen LogP) is 13.6. The second-order valence-corrected chi connectivity index (χ2v) is 23.9. The van der Waals surface area contributed by atoms with Crippen molar-refractivity contribution in [2.75, 3.05) is 19.8 Å². The molecular weight excluding hydrogens is 1070 g/mol. The average molecular weight is 1200 g/mol. The van der Waals surface area contributed by atoms with E-state index < -0.39 is 86.8 Å². The van der Waals surface area contributed by atoms with Crippen molar-refractivity contribution in [2.24, 2.45) is 0 Å². The zero-order chi connectivity index (χ0) is 61.6. The van der Waals surface area contributed by atoms with Crippen molar-refractivity contribution in [3.05, 3.63) is 85.1 Å². The Morgan fingerprint density at radius 1 is 0.435 bits per heavy atom. The molecule has 0 bridgehead atoms. The molecule has 2 fully saturated rings. The van der Waals surface area contributed by atoms with Crippen molar-refractivity contribution < 1.29 is 64.6 Å². The number of ether oxygens (including phenoxy) is 4. The first kappa shape index (κ1) is 78.3. The van der Waals surface area contributed by atoms with E-state index in [-0.39, 0.29) is 18.9 Å². The second-order valence-electron chi connectivity index (χ2n) is 23.9. The highest BCUT2D eigenvalue weighted by molar-refractivity contribution is 5.76. The first-order valence-electron chi connectivity index (χ1n) is 34.3. The molecule has 14 heteroatoms. The molecule has 0 saturated carbocycles. The lowest BCUT2D eigenvalue weighted by Gasteiger charge is -2.46. The molecular formula is C71H125NO13. The van der Waals surface area contributed by atoms with Gasteiger partial charge in [0.05, 0.1) is 32.0 Å². The number of amides is 1. The van der Waals surface area contributed by atoms with Crippen LogP contribution in [0.4, 0.5) is 0 Å². The number of unbranched alkanes of at least 4 members (excludes halogenated alkanes) is 30. The van der Waals surface area contributed by atoms with Crippen LogP contribution >= 0.6 is 0 Å². The van der Waals surface area contributed by atoms with Crippen LogP contribution < -0.4 is 5.32 Å². The van der Waals surface area contributed by atoms with Gasteiger partial charge in [-0.25, -0.2) is 0 Å². The minimum absolute atomic E-state index is 0.257. The molecule has 14 nitrogen and oxygen atoms in total. The fraction of sp³-hybridized carbons (Fsp3) is 0.789. The minimum Gasteiger partial charge on any atom is -0.394 e. The molecule has 0 radical (unpaired) electrons. The molecule has 0 aliphatic carbocycles. The van der Waals surface area contributed by atoms with Gasteiger partial charge < -0.3 is 65.1 Å². The summed E-state index contributed by atoms with van der Waals surface area (Å²) in [5, 5.41) is 87.4. The van der Waals surface area contributed by atoms with Crippen molar-refractivity contribution >= 4 is 5.91 Å². The van der Waals surface area contributed by atoms with Gasteiger partial charge >= 0.3 is 0 Å². The van der Waals surface area contributed by atoms with Gasteiger partial charge in [0, 0.05) is 6.42 Å². The Morgan fingerprint density at radius 3 is 1.29 bits per heavy atom. The molecule has 12 atom stereocenters. The summed E-state index contributed by atoms with van der Waals surface area (Å²) in [6, 6.07) is -0.942. The summed E-state index contributed by atoms with van der Waals surface area (Å²) in [5.41, 5.74) is 0. The molecule has 1 amide bonds. The van der Waals surface area contributed by atoms with Gasteiger partial charge in [-0.05, 0) is 77.0 Å². The van der Waals surface area contributed by atoms with E-state index in [9.17, 15) is 45.6 Å². The van der Waals surface area contributed by atoms with Crippen LogP contribution in [0.25, 0.3) is 0 Å². The lowest BCUT2D eigenvalue weighted by atomic mass is 9.97. The van der Waals surface area contributed by atoms with E-state index in [1.165, 1.54) is 161 Å². The topological polar surface area (TPSA) is 228 Å². The molecule has 12 unspecified atom stereocenters. The highest BCUT2D eigenvalue weighted by Crippen LogP contribution is 2.30. The maximum atomic E-state index is 13.3. The van der Waals surface area contributed by atoms with Crippen LogP contribution in [0.5, 0.6) is 0 Å². The lowest BCUT2D eigenvalue weighted by molar-refractivity contribution is -0.359. The molecule has 9 N–H and O–H groups in total. The van der Waals surface area contributed by atoms with Crippen LogP contribution in [-0.2, 0) is 23.7 Å². The number of carbonyl (C=O) groups is 1. The summed E-state index contributed by atoms with van der Waals surface area (Å²) in [6.45, 7) is 2.68. The van der Waals surface area contributed by atoms with Crippen molar-refractivity contribution in [2.45, 2.75) is 338 Å². The molecule has 2 aliphatic rings. The van der Waals surface area contributed by atoms with Crippen LogP contribution in [0.1, 0.15) is 264 Å². The largest absolute Gasteiger partial charge is 0.394 e. The summed E-state index contributed by atoms with van der Waals surface area (Å²) in [5.74, 6) is -0.257. The number of carbonyl (C=O) groups excluding carboxylic acids is 1. The molecule has 85 heavy (non-hydrogen) atoms. The number of rotatable bonds is 55. The lowest BCUT2D eigenvalue weighted by Crippen LogP contribution is -2.65. The number of aliphatic hydroxyl groups is 8. The Balaban J connectivity index is 1.72. The van der Waals surface area contributed by atoms with Gasteiger partial charge in [0.15, 0.2) is 12.6 Å². The monoisotopic (exact) mass is 1200 g/mol. The van der Waals surface area contributed by atoms with E-state index in [1.54, 1.807) is 6.08 Å². The first-order chi connectivity index (χ1) is 41.6. The molecule has 0 aromatic rings. The fourth-order valence-electron chi connectivity index (χ4n) is 10.9. The van der Waals surface area contributed by atoms with Crippen LogP contribution in [0, 0.1) is 0 Å². The van der Waals surface area contributed by atoms with Gasteiger partial charge in [-0.3, -0.25) is 4.79 Å². The Morgan fingerprint density at radius 2 is 0.824 bits per heavy atom. The Kier molecular flexibility index (Phi) is 50.9. The van der Waals surface area contributed by atoms with E-state index in [2.05, 4.69) is 92.1 Å². The number of aliphatic hydroxyl groups excluding tert-OH is 8. The van der Waals surface area contributed by atoms with Gasteiger partial charge in [0.2, 0.25) is 5.91 Å². The quantitative estimate of drug-likeness (QED) is 0.0204. The summed E-state index contributed by atoms with van der Waals surface area (Å²) >= 11 is 0. The zero-order valence-electron chi connectivity index (χ0n) is 53.3. The van der Waals surface area contributed by atoms with E-state index in [0.717, 1.165) is 70.6 Å². The number of nitrogens with one attached hydrogen (secondary N) is 1. The molecule has 2 saturated heterocycles. The zero-order valence-corrected chi connectivity index (χ0v) is 53.3. The summed E-state index contributed by atoms with van der Waals surface area (Å²) in [6.07, 6.45) is 59.2. The fourth-order valence-corrected chi connectivity index (χ4v) is 10.9. The molecule has 2 rings (SSSR count). The van der Waals surface area contributed by atoms with Crippen LogP contribution in [0.2, 0.25) is 0 Å². The third-order valence-electron chi connectivity index (χ3n) is 16.3. The van der Waals surface area contributed by atoms with Crippen molar-refractivity contribution in [1.82, 2.24) is 5.32 Å². The predicted molar refractivity (Wildman–Crippen MR) is 346 cm³/mol. The molecule has 0 aromatic heterocycles. The smallest absolute Gasteiger partial charge is 0.220 e. The Bertz CT molecular complexity index is 1750. The van der Waals surface area contributed by atoms with E-state index in [0.29, 0.717) is 12.8 Å². The van der Waals surface area contributed by atoms with Gasteiger partial charge in [0.1, 0.15) is 48.8 Å². The van der Waals surface area contributed by atoms with Gasteiger partial charge in [-0.15, -0.1) is 0 Å². The number of allylic oxidation sites excluding steroid dienone is 13. The van der Waals surface area contributed by atoms with Gasteiger partial charge in [0.25, 0.3) is 0 Å². The molecule has 492 valence electrons. The molecule has 0 aromatic carbocycles. The highest BCUT2D eigenvalue weighted by Gasteiger charge is 2.51. The summed E-state index contributed by atoms with van der Waals surface area (Å²) in [7, 11) is 0. The number of hydrogen-bond donors (Lipinski definition) is 9. The maximum absolute atomic E-state index is 13.3. The van der Waals surface area contributed by atoms with Gasteiger partial charge in [-0.2, -0.15) is 0 Å². The van der Waals surface area contributed by atoms with Crippen molar-refractivity contribution in [3.63, 3.8) is 0 Å². The van der Waals surface area contributed by atoms with Crippen molar-refractivity contribution in [3.8, 4) is 0 Å². The SMILES string of the molecule is CC/C=C\C/C=C\C/C=C\C/C=C\C/C=C\CCCCCCCCCCCC(=O)NC(COC1OC(CO)C(OC2OC(CO)C(O)C(O)C2O)C(O)C1O)C(O)/C=C/CC/C=C/CCCCCCCCCCCCCCCCCCCCCC.